The fourth-order valence-corrected chi connectivity index (χ4v) is 6.01. The number of hydrogen-bond acceptors (Lipinski definition) is 6. The van der Waals surface area contributed by atoms with E-state index in [9.17, 15) is 18.0 Å². The highest BCUT2D eigenvalue weighted by molar-refractivity contribution is 7.89. The van der Waals surface area contributed by atoms with Crippen LogP contribution in [0.1, 0.15) is 35.7 Å². The lowest BCUT2D eigenvalue weighted by atomic mass is 10.0. The van der Waals surface area contributed by atoms with Crippen LogP contribution in [0.5, 0.6) is 0 Å². The highest BCUT2D eigenvalue weighted by Crippen LogP contribution is 2.26. The van der Waals surface area contributed by atoms with Crippen molar-refractivity contribution in [3.05, 3.63) is 96.7 Å². The average molecular weight is 530 g/mol. The zero-order valence-electron chi connectivity index (χ0n) is 20.8. The van der Waals surface area contributed by atoms with E-state index >= 15 is 0 Å². The Hall–Kier alpha value is -4.15. The van der Waals surface area contributed by atoms with Crippen LogP contribution in [-0.2, 0) is 14.8 Å². The van der Waals surface area contributed by atoms with Crippen LogP contribution in [-0.4, -0.2) is 58.1 Å². The highest BCUT2D eigenvalue weighted by Gasteiger charge is 2.29. The predicted octanol–water partition coefficient (Wildman–Crippen LogP) is 3.45. The van der Waals surface area contributed by atoms with Gasteiger partial charge in [-0.3, -0.25) is 14.2 Å². The van der Waals surface area contributed by atoms with Crippen molar-refractivity contribution in [1.82, 2.24) is 24.2 Å². The number of benzene rings is 2. The number of ketones is 1. The highest BCUT2D eigenvalue weighted by atomic mass is 32.2. The predicted molar refractivity (Wildman–Crippen MR) is 142 cm³/mol. The first-order valence-electron chi connectivity index (χ1n) is 12.3. The topological polar surface area (TPSA) is 114 Å². The second-order valence-electron chi connectivity index (χ2n) is 9.18. The summed E-state index contributed by atoms with van der Waals surface area (Å²) in [5.41, 5.74) is 2.74. The molecule has 0 spiro atoms. The molecule has 1 N–H and O–H groups in total. The van der Waals surface area contributed by atoms with Crippen molar-refractivity contribution in [3.8, 4) is 16.9 Å². The molecule has 2 aromatic heterocycles. The minimum Gasteiger partial charge on any atom is -0.354 e. The summed E-state index contributed by atoms with van der Waals surface area (Å²) in [5, 5.41) is 2.86. The normalized spacial score (nSPS) is 14.8. The monoisotopic (exact) mass is 529 g/mol. The van der Waals surface area contributed by atoms with Crippen molar-refractivity contribution in [2.24, 2.45) is 0 Å². The zero-order valence-corrected chi connectivity index (χ0v) is 21.6. The molecule has 5 rings (SSSR count). The Labute approximate surface area is 221 Å². The molecule has 0 bridgehead atoms. The number of nitrogens with one attached hydrogen (secondary N) is 1. The molecule has 1 saturated heterocycles. The number of piperidine rings is 1. The number of imidazole rings is 1. The molecule has 1 aliphatic heterocycles. The summed E-state index contributed by atoms with van der Waals surface area (Å²) in [5.74, 6) is 0.441. The van der Waals surface area contributed by atoms with E-state index in [2.05, 4.69) is 15.3 Å². The quantitative estimate of drug-likeness (QED) is 0.367. The molecular weight excluding hydrogens is 502 g/mol. The number of aromatic nitrogens is 3. The minimum atomic E-state index is -3.61. The van der Waals surface area contributed by atoms with Crippen molar-refractivity contribution in [2.75, 3.05) is 13.1 Å². The van der Waals surface area contributed by atoms with Crippen LogP contribution >= 0.6 is 0 Å². The van der Waals surface area contributed by atoms with Gasteiger partial charge in [-0.1, -0.05) is 36.4 Å². The largest absolute Gasteiger partial charge is 0.354 e. The lowest BCUT2D eigenvalue weighted by Crippen LogP contribution is -2.45. The van der Waals surface area contributed by atoms with E-state index in [1.165, 1.54) is 11.2 Å². The standard InChI is InChI=1S/C28H27N5O4S/c1-20(34)31-25-12-15-33(16-13-25)38(36,37)26-9-6-22(7-10-26)21-2-4-23(5-3-21)28(35)24-8-11-27(30-18-24)32-17-14-29-19-32/h2-11,14,17-19,25H,12-13,15-16H2,1H3,(H,31,34). The lowest BCUT2D eigenvalue weighted by Gasteiger charge is -2.31. The molecule has 1 fully saturated rings. The number of rotatable bonds is 7. The van der Waals surface area contributed by atoms with Crippen LogP contribution < -0.4 is 5.32 Å². The van der Waals surface area contributed by atoms with Crippen LogP contribution in [0.15, 0.2) is 90.5 Å². The maximum absolute atomic E-state index is 13.1. The molecule has 1 amide bonds. The van der Waals surface area contributed by atoms with Gasteiger partial charge >= 0.3 is 0 Å². The lowest BCUT2D eigenvalue weighted by molar-refractivity contribution is -0.119. The second-order valence-corrected chi connectivity index (χ2v) is 11.1. The number of sulfonamides is 1. The number of amides is 1. The molecule has 1 aliphatic rings. The van der Waals surface area contributed by atoms with E-state index in [0.717, 1.165) is 11.1 Å². The maximum atomic E-state index is 13.1. The van der Waals surface area contributed by atoms with E-state index in [-0.39, 0.29) is 22.6 Å². The Bertz CT molecular complexity index is 1520. The molecule has 0 aliphatic carbocycles. The van der Waals surface area contributed by atoms with Gasteiger partial charge in [0.25, 0.3) is 0 Å². The van der Waals surface area contributed by atoms with Gasteiger partial charge in [0.1, 0.15) is 12.1 Å². The van der Waals surface area contributed by atoms with Gasteiger partial charge in [-0.05, 0) is 48.2 Å². The fraction of sp³-hybridized carbons (Fsp3) is 0.214. The molecular formula is C28H27N5O4S. The number of hydrogen-bond donors (Lipinski definition) is 1. The first-order chi connectivity index (χ1) is 18.3. The number of nitrogens with zero attached hydrogens (tertiary/aromatic N) is 4. The van der Waals surface area contributed by atoms with Gasteiger partial charge in [0.15, 0.2) is 5.78 Å². The molecule has 0 saturated carbocycles. The average Bonchev–Trinajstić information content (AvgIpc) is 3.48. The fourth-order valence-electron chi connectivity index (χ4n) is 4.54. The molecule has 2 aromatic carbocycles. The molecule has 194 valence electrons. The second kappa shape index (κ2) is 10.7. The molecule has 4 aromatic rings. The van der Waals surface area contributed by atoms with E-state index in [0.29, 0.717) is 42.9 Å². The van der Waals surface area contributed by atoms with Crippen molar-refractivity contribution in [3.63, 3.8) is 0 Å². The van der Waals surface area contributed by atoms with Gasteiger partial charge in [0.05, 0.1) is 4.90 Å². The van der Waals surface area contributed by atoms with E-state index in [4.69, 9.17) is 0 Å². The van der Waals surface area contributed by atoms with Crippen LogP contribution in [0.4, 0.5) is 0 Å². The number of carbonyl (C=O) groups is 2. The summed E-state index contributed by atoms with van der Waals surface area (Å²) >= 11 is 0. The van der Waals surface area contributed by atoms with Crippen molar-refractivity contribution in [2.45, 2.75) is 30.7 Å². The summed E-state index contributed by atoms with van der Waals surface area (Å²) < 4.78 is 29.4. The van der Waals surface area contributed by atoms with Crippen molar-refractivity contribution in [1.29, 1.82) is 0 Å². The molecule has 0 atom stereocenters. The number of pyridine rings is 1. The van der Waals surface area contributed by atoms with Crippen LogP contribution in [0.25, 0.3) is 16.9 Å². The van der Waals surface area contributed by atoms with E-state index in [1.54, 1.807) is 78.0 Å². The van der Waals surface area contributed by atoms with E-state index < -0.39 is 10.0 Å². The van der Waals surface area contributed by atoms with Gasteiger partial charge in [0, 0.05) is 55.8 Å². The van der Waals surface area contributed by atoms with Crippen LogP contribution in [0.2, 0.25) is 0 Å². The Morgan fingerprint density at radius 3 is 2.08 bits per heavy atom. The minimum absolute atomic E-state index is 0.00846. The summed E-state index contributed by atoms with van der Waals surface area (Å²) in [6.07, 6.45) is 7.81. The molecule has 38 heavy (non-hydrogen) atoms. The third kappa shape index (κ3) is 5.41. The summed E-state index contributed by atoms with van der Waals surface area (Å²) in [6.45, 7) is 2.20. The molecule has 0 radical (unpaired) electrons. The maximum Gasteiger partial charge on any atom is 0.243 e. The Morgan fingerprint density at radius 2 is 1.53 bits per heavy atom. The molecule has 9 nitrogen and oxygen atoms in total. The van der Waals surface area contributed by atoms with Gasteiger partial charge < -0.3 is 5.32 Å². The molecule has 0 unspecified atom stereocenters. The summed E-state index contributed by atoms with van der Waals surface area (Å²) in [6, 6.07) is 17.5. The van der Waals surface area contributed by atoms with Crippen LogP contribution in [0.3, 0.4) is 0 Å². The van der Waals surface area contributed by atoms with E-state index in [1.807, 2.05) is 12.1 Å². The Kier molecular flexibility index (Phi) is 7.17. The summed E-state index contributed by atoms with van der Waals surface area (Å²) in [7, 11) is -3.61. The van der Waals surface area contributed by atoms with Gasteiger partial charge in [0.2, 0.25) is 15.9 Å². The third-order valence-electron chi connectivity index (χ3n) is 6.61. The van der Waals surface area contributed by atoms with Gasteiger partial charge in [-0.25, -0.2) is 18.4 Å². The molecule has 3 heterocycles. The molecule has 10 heteroatoms. The van der Waals surface area contributed by atoms with Gasteiger partial charge in [-0.2, -0.15) is 4.31 Å². The van der Waals surface area contributed by atoms with Crippen molar-refractivity contribution >= 4 is 21.7 Å². The smallest absolute Gasteiger partial charge is 0.243 e. The zero-order chi connectivity index (χ0) is 26.7. The first-order valence-corrected chi connectivity index (χ1v) is 13.7. The van der Waals surface area contributed by atoms with Crippen LogP contribution in [0, 0.1) is 0 Å². The third-order valence-corrected chi connectivity index (χ3v) is 8.53. The number of carbonyl (C=O) groups excluding carboxylic acids is 2. The van der Waals surface area contributed by atoms with Crippen molar-refractivity contribution < 1.29 is 18.0 Å². The Balaban J connectivity index is 1.25. The Morgan fingerprint density at radius 1 is 0.895 bits per heavy atom. The summed E-state index contributed by atoms with van der Waals surface area (Å²) in [4.78, 5) is 32.8. The first kappa shape index (κ1) is 25.5. The SMILES string of the molecule is CC(=O)NC1CCN(S(=O)(=O)c2ccc(-c3ccc(C(=O)c4ccc(-n5ccnc5)nc4)cc3)cc2)CC1. The van der Waals surface area contributed by atoms with Gasteiger partial charge in [-0.15, -0.1) is 0 Å².